The number of benzene rings is 1. The second-order valence-electron chi connectivity index (χ2n) is 4.07. The maximum absolute atomic E-state index is 10.7. The summed E-state index contributed by atoms with van der Waals surface area (Å²) in [7, 11) is 1.54. The lowest BCUT2D eigenvalue weighted by Crippen LogP contribution is -2.09. The van der Waals surface area contributed by atoms with Crippen molar-refractivity contribution < 1.29 is 14.8 Å². The molecule has 0 fully saturated rings. The zero-order chi connectivity index (χ0) is 14.7. The molecule has 20 heavy (non-hydrogen) atoms. The molecule has 1 aromatic heterocycles. The van der Waals surface area contributed by atoms with Gasteiger partial charge in [0, 0.05) is 0 Å². The number of nitrogens with zero attached hydrogens (tertiary/aromatic N) is 3. The van der Waals surface area contributed by atoms with Crippen LogP contribution in [-0.4, -0.2) is 26.9 Å². The Morgan fingerprint density at radius 3 is 2.95 bits per heavy atom. The van der Waals surface area contributed by atoms with Crippen molar-refractivity contribution in [3.05, 3.63) is 50.6 Å². The number of aliphatic hydroxyl groups is 1. The molecule has 0 amide bonds. The largest absolute Gasteiger partial charge is 0.497 e. The molecule has 1 aromatic carbocycles. The van der Waals surface area contributed by atoms with E-state index in [0.717, 1.165) is 0 Å². The van der Waals surface area contributed by atoms with Gasteiger partial charge in [0.25, 0.3) is 0 Å². The lowest BCUT2D eigenvalue weighted by molar-refractivity contribution is -0.390. The molecule has 1 heterocycles. The molecule has 0 aliphatic carbocycles. The van der Waals surface area contributed by atoms with Gasteiger partial charge >= 0.3 is 5.82 Å². The molecule has 0 aliphatic rings. The fraction of sp³-hybridized carbons (Fsp3) is 0.250. The van der Waals surface area contributed by atoms with Crippen molar-refractivity contribution in [2.45, 2.75) is 12.6 Å². The third kappa shape index (κ3) is 3.14. The molecule has 0 saturated heterocycles. The van der Waals surface area contributed by atoms with E-state index in [2.05, 4.69) is 21.0 Å². The standard InChI is InChI=1S/C12H12BrN3O4/c1-20-9-4-2-3-8(5-9)11(17)7-15-6-10(13)12(14-15)16(18)19/h2-6,11,17H,7H2,1H3. The van der Waals surface area contributed by atoms with Crippen molar-refractivity contribution in [2.75, 3.05) is 7.11 Å². The monoisotopic (exact) mass is 341 g/mol. The highest BCUT2D eigenvalue weighted by molar-refractivity contribution is 9.10. The Morgan fingerprint density at radius 1 is 1.60 bits per heavy atom. The van der Waals surface area contributed by atoms with Gasteiger partial charge in [0.15, 0.2) is 0 Å². The van der Waals surface area contributed by atoms with E-state index >= 15 is 0 Å². The van der Waals surface area contributed by atoms with Gasteiger partial charge in [-0.15, -0.1) is 0 Å². The molecule has 1 unspecified atom stereocenters. The molecule has 2 rings (SSSR count). The lowest BCUT2D eigenvalue weighted by atomic mass is 10.1. The molecule has 1 atom stereocenters. The van der Waals surface area contributed by atoms with Crippen LogP contribution in [0.4, 0.5) is 5.82 Å². The first kappa shape index (κ1) is 14.5. The molecule has 0 saturated carbocycles. The van der Waals surface area contributed by atoms with Gasteiger partial charge < -0.3 is 20.0 Å². The molecule has 8 heteroatoms. The van der Waals surface area contributed by atoms with Crippen LogP contribution >= 0.6 is 15.9 Å². The van der Waals surface area contributed by atoms with Gasteiger partial charge in [-0.1, -0.05) is 12.1 Å². The first-order chi connectivity index (χ1) is 9.51. The molecule has 106 valence electrons. The molecule has 7 nitrogen and oxygen atoms in total. The van der Waals surface area contributed by atoms with E-state index in [-0.39, 0.29) is 16.8 Å². The Bertz CT molecular complexity index is 629. The zero-order valence-electron chi connectivity index (χ0n) is 10.6. The number of methoxy groups -OCH3 is 1. The Hall–Kier alpha value is -1.93. The van der Waals surface area contributed by atoms with Crippen LogP contribution in [0.1, 0.15) is 11.7 Å². The van der Waals surface area contributed by atoms with Crippen LogP contribution in [0.2, 0.25) is 0 Å². The van der Waals surface area contributed by atoms with Crippen molar-refractivity contribution in [2.24, 2.45) is 0 Å². The van der Waals surface area contributed by atoms with Crippen molar-refractivity contribution in [3.8, 4) is 5.75 Å². The molecular weight excluding hydrogens is 330 g/mol. The second-order valence-corrected chi connectivity index (χ2v) is 4.93. The number of aromatic nitrogens is 2. The Morgan fingerprint density at radius 2 is 2.35 bits per heavy atom. The van der Waals surface area contributed by atoms with Gasteiger partial charge in [-0.25, -0.2) is 0 Å². The minimum atomic E-state index is -0.837. The van der Waals surface area contributed by atoms with Crippen LogP contribution < -0.4 is 4.74 Å². The van der Waals surface area contributed by atoms with E-state index in [9.17, 15) is 15.2 Å². The van der Waals surface area contributed by atoms with Crippen molar-refractivity contribution in [1.29, 1.82) is 0 Å². The fourth-order valence-electron chi connectivity index (χ4n) is 1.74. The fourth-order valence-corrected chi connectivity index (χ4v) is 2.20. The average molecular weight is 342 g/mol. The quantitative estimate of drug-likeness (QED) is 0.665. The minimum Gasteiger partial charge on any atom is -0.497 e. The van der Waals surface area contributed by atoms with Crippen LogP contribution in [0.25, 0.3) is 0 Å². The minimum absolute atomic E-state index is 0.111. The third-order valence-electron chi connectivity index (χ3n) is 2.71. The summed E-state index contributed by atoms with van der Waals surface area (Å²) in [6.07, 6.45) is 0.623. The molecule has 2 aromatic rings. The van der Waals surface area contributed by atoms with E-state index in [4.69, 9.17) is 4.74 Å². The van der Waals surface area contributed by atoms with Crippen molar-refractivity contribution >= 4 is 21.7 Å². The molecule has 1 N–H and O–H groups in total. The predicted octanol–water partition coefficient (Wildman–Crippen LogP) is 2.30. The van der Waals surface area contributed by atoms with Gasteiger partial charge in [0.1, 0.15) is 16.3 Å². The lowest BCUT2D eigenvalue weighted by Gasteiger charge is -2.10. The normalized spacial score (nSPS) is 12.2. The van der Waals surface area contributed by atoms with Gasteiger partial charge in [-0.05, 0) is 38.5 Å². The van der Waals surface area contributed by atoms with E-state index < -0.39 is 11.0 Å². The third-order valence-corrected chi connectivity index (χ3v) is 3.27. The van der Waals surface area contributed by atoms with Crippen molar-refractivity contribution in [3.63, 3.8) is 0 Å². The molecule has 0 bridgehead atoms. The van der Waals surface area contributed by atoms with E-state index in [1.165, 1.54) is 10.9 Å². The highest BCUT2D eigenvalue weighted by atomic mass is 79.9. The van der Waals surface area contributed by atoms with E-state index in [1.807, 2.05) is 0 Å². The number of halogens is 1. The summed E-state index contributed by atoms with van der Waals surface area (Å²) in [6.45, 7) is 0.111. The molecule has 0 aliphatic heterocycles. The summed E-state index contributed by atoms with van der Waals surface area (Å²) >= 11 is 3.06. The number of hydrogen-bond acceptors (Lipinski definition) is 5. The van der Waals surface area contributed by atoms with Gasteiger partial charge in [-0.2, -0.15) is 4.68 Å². The maximum Gasteiger partial charge on any atom is 0.404 e. The van der Waals surface area contributed by atoms with E-state index in [0.29, 0.717) is 11.3 Å². The SMILES string of the molecule is COc1cccc(C(O)Cn2cc(Br)c([N+](=O)[O-])n2)c1. The summed E-state index contributed by atoms with van der Waals surface area (Å²) in [5.74, 6) is 0.358. The van der Waals surface area contributed by atoms with E-state index in [1.54, 1.807) is 31.4 Å². The van der Waals surface area contributed by atoms with Crippen LogP contribution in [0.5, 0.6) is 5.75 Å². The Balaban J connectivity index is 2.16. The number of nitro groups is 1. The maximum atomic E-state index is 10.7. The Kier molecular flexibility index (Phi) is 4.35. The van der Waals surface area contributed by atoms with Crippen LogP contribution in [0, 0.1) is 10.1 Å². The molecule has 0 spiro atoms. The smallest absolute Gasteiger partial charge is 0.404 e. The highest BCUT2D eigenvalue weighted by Crippen LogP contribution is 2.24. The average Bonchev–Trinajstić information content (AvgIpc) is 2.79. The number of hydrogen-bond donors (Lipinski definition) is 1. The summed E-state index contributed by atoms with van der Waals surface area (Å²) in [6, 6.07) is 6.99. The summed E-state index contributed by atoms with van der Waals surface area (Å²) in [4.78, 5) is 10.1. The summed E-state index contributed by atoms with van der Waals surface area (Å²) in [5.41, 5.74) is 0.652. The number of aliphatic hydroxyl groups excluding tert-OH is 1. The molecular formula is C12H12BrN3O4. The summed E-state index contributed by atoms with van der Waals surface area (Å²) in [5, 5.41) is 24.6. The van der Waals surface area contributed by atoms with Gasteiger partial charge in [0.05, 0.1) is 25.0 Å². The topological polar surface area (TPSA) is 90.4 Å². The predicted molar refractivity (Wildman–Crippen MR) is 74.5 cm³/mol. The molecule has 0 radical (unpaired) electrons. The van der Waals surface area contributed by atoms with Gasteiger partial charge in [0.2, 0.25) is 0 Å². The van der Waals surface area contributed by atoms with Crippen LogP contribution in [0.15, 0.2) is 34.9 Å². The summed E-state index contributed by atoms with van der Waals surface area (Å²) < 4.78 is 6.68. The zero-order valence-corrected chi connectivity index (χ0v) is 12.1. The number of ether oxygens (including phenoxy) is 1. The first-order valence-electron chi connectivity index (χ1n) is 5.70. The van der Waals surface area contributed by atoms with Crippen LogP contribution in [0.3, 0.4) is 0 Å². The number of rotatable bonds is 5. The van der Waals surface area contributed by atoms with Crippen LogP contribution in [-0.2, 0) is 6.54 Å². The first-order valence-corrected chi connectivity index (χ1v) is 6.50. The van der Waals surface area contributed by atoms with Gasteiger partial charge in [-0.3, -0.25) is 0 Å². The Labute approximate surface area is 123 Å². The van der Waals surface area contributed by atoms with Crippen molar-refractivity contribution in [1.82, 2.24) is 9.78 Å². The highest BCUT2D eigenvalue weighted by Gasteiger charge is 2.20. The second kappa shape index (κ2) is 6.02.